The third kappa shape index (κ3) is 2.72. The molecule has 0 N–H and O–H groups in total. The van der Waals surface area contributed by atoms with Gasteiger partial charge in [0, 0.05) is 30.9 Å². The third-order valence-electron chi connectivity index (χ3n) is 6.10. The number of aromatic nitrogens is 3. The highest BCUT2D eigenvalue weighted by Crippen LogP contribution is 2.44. The van der Waals surface area contributed by atoms with Gasteiger partial charge in [0.1, 0.15) is 28.0 Å². The summed E-state index contributed by atoms with van der Waals surface area (Å²) in [6, 6.07) is 8.93. The number of rotatable bonds is 2. The summed E-state index contributed by atoms with van der Waals surface area (Å²) >= 11 is 5.69. The molecule has 0 saturated heterocycles. The number of carbonyl (C=O) groups is 1. The van der Waals surface area contributed by atoms with Gasteiger partial charge < -0.3 is 14.0 Å². The number of imidazole rings is 1. The molecule has 1 aliphatic heterocycles. The van der Waals surface area contributed by atoms with Gasteiger partial charge in [-0.15, -0.1) is 0 Å². The minimum atomic E-state index is -0.917. The van der Waals surface area contributed by atoms with Crippen LogP contribution in [0.25, 0.3) is 21.8 Å². The van der Waals surface area contributed by atoms with E-state index in [-0.39, 0.29) is 11.2 Å². The Hall–Kier alpha value is -3.52. The van der Waals surface area contributed by atoms with Crippen LogP contribution in [-0.4, -0.2) is 37.6 Å². The highest BCUT2D eigenvalue weighted by atomic mass is 32.1. The lowest BCUT2D eigenvalue weighted by molar-refractivity contribution is 0.0454. The van der Waals surface area contributed by atoms with E-state index >= 15 is 0 Å². The van der Waals surface area contributed by atoms with Crippen LogP contribution in [0.5, 0.6) is 11.5 Å². The average Bonchev–Trinajstić information content (AvgIpc) is 3.30. The van der Waals surface area contributed by atoms with E-state index in [0.29, 0.717) is 43.9 Å². The molecule has 0 fully saturated rings. The number of nitrogens with zero attached hydrogens (tertiary/aromatic N) is 3. The van der Waals surface area contributed by atoms with E-state index < -0.39 is 11.5 Å². The van der Waals surface area contributed by atoms with Gasteiger partial charge in [0.25, 0.3) is 0 Å². The van der Waals surface area contributed by atoms with Gasteiger partial charge in [-0.05, 0) is 26.0 Å². The minimum absolute atomic E-state index is 0.195. The molecule has 0 amide bonds. The quantitative estimate of drug-likeness (QED) is 0.344. The minimum Gasteiger partial charge on any atom is -0.496 e. The van der Waals surface area contributed by atoms with Crippen molar-refractivity contribution in [1.29, 1.82) is 0 Å². The van der Waals surface area contributed by atoms with Crippen LogP contribution in [0.4, 0.5) is 0 Å². The Kier molecular flexibility index (Phi) is 4.46. The molecule has 5 rings (SSSR count). The summed E-state index contributed by atoms with van der Waals surface area (Å²) in [7, 11) is 3.34. The van der Waals surface area contributed by atoms with Crippen molar-refractivity contribution < 1.29 is 14.3 Å². The van der Waals surface area contributed by atoms with Crippen molar-refractivity contribution in [3.05, 3.63) is 64.8 Å². The van der Waals surface area contributed by atoms with Crippen molar-refractivity contribution in [1.82, 2.24) is 14.1 Å². The predicted octanol–water partition coefficient (Wildman–Crippen LogP) is 3.74. The van der Waals surface area contributed by atoms with Gasteiger partial charge in [-0.25, -0.2) is 4.98 Å². The molecule has 162 valence electrons. The zero-order chi connectivity index (χ0) is 22.8. The van der Waals surface area contributed by atoms with Crippen molar-refractivity contribution in [3.63, 3.8) is 0 Å². The number of hydrogen-bond acceptors (Lipinski definition) is 6. The molecule has 7 nitrogen and oxygen atoms in total. The van der Waals surface area contributed by atoms with E-state index in [9.17, 15) is 9.59 Å². The number of ether oxygens (including phenoxy) is 2. The maximum atomic E-state index is 14.0. The number of methoxy groups -OCH3 is 1. The van der Waals surface area contributed by atoms with Gasteiger partial charge in [0.05, 0.1) is 35.4 Å². The third-order valence-corrected chi connectivity index (χ3v) is 6.55. The van der Waals surface area contributed by atoms with Crippen LogP contribution in [0.3, 0.4) is 0 Å². The Bertz CT molecular complexity index is 1490. The summed E-state index contributed by atoms with van der Waals surface area (Å²) in [6.45, 7) is 3.66. The van der Waals surface area contributed by atoms with Crippen molar-refractivity contribution in [3.8, 4) is 11.5 Å². The van der Waals surface area contributed by atoms with Crippen LogP contribution in [0, 0.1) is 5.92 Å². The van der Waals surface area contributed by atoms with E-state index in [4.69, 9.17) is 21.7 Å². The molecule has 0 spiro atoms. The number of para-hydroxylation sites is 1. The molecule has 2 aromatic carbocycles. The molecule has 0 bridgehead atoms. The summed E-state index contributed by atoms with van der Waals surface area (Å²) in [6.07, 6.45) is 4.88. The van der Waals surface area contributed by atoms with Gasteiger partial charge in [-0.2, -0.15) is 0 Å². The summed E-state index contributed by atoms with van der Waals surface area (Å²) in [5, 5.41) is 0.896. The van der Waals surface area contributed by atoms with Crippen molar-refractivity contribution >= 4 is 44.8 Å². The Balaban J connectivity index is 1.88. The van der Waals surface area contributed by atoms with Crippen LogP contribution in [-0.2, 0) is 7.05 Å². The topological polar surface area (TPSA) is 75.4 Å². The van der Waals surface area contributed by atoms with Gasteiger partial charge in [-0.1, -0.05) is 24.4 Å². The molecular weight excluding hydrogens is 426 g/mol. The Morgan fingerprint density at radius 1 is 1.25 bits per heavy atom. The molecule has 0 aliphatic carbocycles. The highest BCUT2D eigenvalue weighted by Gasteiger charge is 2.47. The normalized spacial score (nSPS) is 17.2. The van der Waals surface area contributed by atoms with Crippen molar-refractivity contribution in [2.45, 2.75) is 19.4 Å². The first kappa shape index (κ1) is 20.4. The maximum Gasteiger partial charge on any atom is 0.200 e. The molecule has 0 radical (unpaired) electrons. The lowest BCUT2D eigenvalue weighted by Crippen LogP contribution is -2.51. The maximum absolute atomic E-state index is 14.0. The van der Waals surface area contributed by atoms with E-state index in [1.165, 1.54) is 7.11 Å². The van der Waals surface area contributed by atoms with Crippen molar-refractivity contribution in [2.75, 3.05) is 7.11 Å². The van der Waals surface area contributed by atoms with Crippen LogP contribution in [0.15, 0.2) is 53.8 Å². The van der Waals surface area contributed by atoms with Gasteiger partial charge in [0.2, 0.25) is 5.43 Å². The Labute approximate surface area is 189 Å². The fourth-order valence-electron chi connectivity index (χ4n) is 4.62. The fraction of sp³-hybridized carbons (Fsp3) is 0.250. The molecule has 1 unspecified atom stereocenters. The van der Waals surface area contributed by atoms with Gasteiger partial charge in [0.15, 0.2) is 5.78 Å². The number of carbonyl (C=O) groups excluding carboxylic acids is 1. The fourth-order valence-corrected chi connectivity index (χ4v) is 5.12. The molecule has 32 heavy (non-hydrogen) atoms. The number of benzene rings is 2. The lowest BCUT2D eigenvalue weighted by atomic mass is 9.80. The number of aryl methyl sites for hydroxylation is 1. The van der Waals surface area contributed by atoms with Crippen molar-refractivity contribution in [2.24, 2.45) is 13.0 Å². The number of ketones is 1. The molecule has 0 saturated carbocycles. The first-order valence-corrected chi connectivity index (χ1v) is 10.5. The van der Waals surface area contributed by atoms with E-state index in [1.54, 1.807) is 35.4 Å². The first-order chi connectivity index (χ1) is 15.3. The molecule has 4 aromatic rings. The van der Waals surface area contributed by atoms with Crippen LogP contribution in [0.1, 0.15) is 24.2 Å². The summed E-state index contributed by atoms with van der Waals surface area (Å²) in [5.74, 6) is -0.214. The highest BCUT2D eigenvalue weighted by molar-refractivity contribution is 7.80. The number of Topliss-reactive ketones (excluding diaryl/α,β-unsaturated/α-hetero) is 1. The van der Waals surface area contributed by atoms with E-state index in [2.05, 4.69) is 4.98 Å². The SMILES string of the molecule is COc1cc2c(c3c1c(=O)c1ccccc1n3C)C(=O)C(C(=S)n1ccnc1)C(C)(C)O2. The largest absolute Gasteiger partial charge is 0.496 e. The molecule has 3 heterocycles. The zero-order valence-corrected chi connectivity index (χ0v) is 18.9. The second kappa shape index (κ2) is 7.00. The number of hydrogen-bond donors (Lipinski definition) is 0. The van der Waals surface area contributed by atoms with E-state index in [0.717, 1.165) is 0 Å². The van der Waals surface area contributed by atoms with E-state index in [1.807, 2.05) is 43.7 Å². The smallest absolute Gasteiger partial charge is 0.200 e. The van der Waals surface area contributed by atoms with Gasteiger partial charge in [-0.3, -0.25) is 14.2 Å². The number of thiocarbonyl (C=S) groups is 1. The standard InChI is InChI=1S/C24H21N3O4S/c1-24(2)19(23(32)27-10-9-25-12-27)22(29)18-16(31-24)11-15(30-4)17-20(18)26(3)14-8-6-5-7-13(14)21(17)28/h5-12,19H,1-4H3. The second-order valence-electron chi connectivity index (χ2n) is 8.39. The van der Waals surface area contributed by atoms with Crippen LogP contribution >= 0.6 is 12.2 Å². The molecular formula is C24H21N3O4S. The first-order valence-electron chi connectivity index (χ1n) is 10.1. The molecule has 1 aliphatic rings. The Morgan fingerprint density at radius 2 is 2.00 bits per heavy atom. The molecule has 8 heteroatoms. The van der Waals surface area contributed by atoms with Gasteiger partial charge >= 0.3 is 0 Å². The lowest BCUT2D eigenvalue weighted by Gasteiger charge is -2.39. The van der Waals surface area contributed by atoms with Crippen LogP contribution < -0.4 is 14.9 Å². The monoisotopic (exact) mass is 447 g/mol. The summed E-state index contributed by atoms with van der Waals surface area (Å²) in [5.41, 5.74) is 0.409. The number of fused-ring (bicyclic) bond motifs is 4. The zero-order valence-electron chi connectivity index (χ0n) is 18.1. The Morgan fingerprint density at radius 3 is 2.69 bits per heavy atom. The second-order valence-corrected chi connectivity index (χ2v) is 8.81. The molecule has 1 atom stereocenters. The summed E-state index contributed by atoms with van der Waals surface area (Å²) in [4.78, 5) is 31.9. The predicted molar refractivity (Wildman–Crippen MR) is 126 cm³/mol. The van der Waals surface area contributed by atoms with Crippen LogP contribution in [0.2, 0.25) is 0 Å². The number of pyridine rings is 1. The molecule has 2 aromatic heterocycles. The average molecular weight is 448 g/mol. The summed E-state index contributed by atoms with van der Waals surface area (Å²) < 4.78 is 15.4.